The first-order valence-corrected chi connectivity index (χ1v) is 7.15. The summed E-state index contributed by atoms with van der Waals surface area (Å²) in [5.41, 5.74) is 0.355. The highest BCUT2D eigenvalue weighted by molar-refractivity contribution is 7.85. The Hall–Kier alpha value is -1.96. The van der Waals surface area contributed by atoms with Gasteiger partial charge >= 0.3 is 12.0 Å². The van der Waals surface area contributed by atoms with E-state index in [0.29, 0.717) is 30.3 Å². The van der Waals surface area contributed by atoms with E-state index in [4.69, 9.17) is 5.11 Å². The number of amides is 2. The molecular weight excluding hydrogens is 270 g/mol. The zero-order chi connectivity index (χ0) is 13.8. The molecule has 8 heteroatoms. The monoisotopic (exact) mass is 283 g/mol. The lowest BCUT2D eigenvalue weighted by Crippen LogP contribution is -2.43. The third kappa shape index (κ3) is 3.50. The second-order valence-electron chi connectivity index (χ2n) is 4.00. The van der Waals surface area contributed by atoms with Crippen molar-refractivity contribution in [1.82, 2.24) is 9.88 Å². The molecule has 0 spiro atoms. The number of pyridine rings is 1. The molecule has 1 fully saturated rings. The lowest BCUT2D eigenvalue weighted by atomic mass is 10.3. The van der Waals surface area contributed by atoms with Gasteiger partial charge in [-0.15, -0.1) is 0 Å². The van der Waals surface area contributed by atoms with Crippen molar-refractivity contribution in [3.63, 3.8) is 0 Å². The summed E-state index contributed by atoms with van der Waals surface area (Å²) in [6.45, 7) is 0.915. The highest BCUT2D eigenvalue weighted by Crippen LogP contribution is 2.09. The van der Waals surface area contributed by atoms with Crippen LogP contribution in [0.15, 0.2) is 18.3 Å². The predicted molar refractivity (Wildman–Crippen MR) is 69.7 cm³/mol. The number of nitrogens with zero attached hydrogens (tertiary/aromatic N) is 2. The molecule has 0 saturated carbocycles. The molecule has 19 heavy (non-hydrogen) atoms. The quantitative estimate of drug-likeness (QED) is 0.817. The molecule has 1 aliphatic heterocycles. The highest BCUT2D eigenvalue weighted by atomic mass is 32.2. The molecule has 1 aliphatic rings. The molecule has 2 amide bonds. The van der Waals surface area contributed by atoms with Gasteiger partial charge < -0.3 is 15.3 Å². The van der Waals surface area contributed by atoms with Gasteiger partial charge in [0.15, 0.2) is 0 Å². The lowest BCUT2D eigenvalue weighted by molar-refractivity contribution is 0.0690. The number of nitrogens with one attached hydrogen (secondary N) is 1. The fourth-order valence-electron chi connectivity index (χ4n) is 1.64. The van der Waals surface area contributed by atoms with E-state index in [2.05, 4.69) is 10.3 Å². The van der Waals surface area contributed by atoms with E-state index in [1.807, 2.05) is 0 Å². The first-order chi connectivity index (χ1) is 9.06. The van der Waals surface area contributed by atoms with Crippen LogP contribution in [-0.2, 0) is 10.8 Å². The van der Waals surface area contributed by atoms with E-state index in [1.54, 1.807) is 4.90 Å². The molecule has 0 aliphatic carbocycles. The summed E-state index contributed by atoms with van der Waals surface area (Å²) in [6, 6.07) is 2.52. The van der Waals surface area contributed by atoms with Crippen LogP contribution in [0.2, 0.25) is 0 Å². The summed E-state index contributed by atoms with van der Waals surface area (Å²) in [6.07, 6.45) is 1.30. The van der Waals surface area contributed by atoms with Gasteiger partial charge in [0.2, 0.25) is 0 Å². The van der Waals surface area contributed by atoms with E-state index in [-0.39, 0.29) is 11.7 Å². The maximum absolute atomic E-state index is 11.9. The number of urea groups is 1. The summed E-state index contributed by atoms with van der Waals surface area (Å²) in [5, 5.41) is 11.3. The second-order valence-corrected chi connectivity index (χ2v) is 5.70. The second kappa shape index (κ2) is 5.79. The Kier molecular flexibility index (Phi) is 4.10. The van der Waals surface area contributed by atoms with Gasteiger partial charge in [-0.25, -0.2) is 14.6 Å². The van der Waals surface area contributed by atoms with Crippen LogP contribution in [0.1, 0.15) is 10.5 Å². The van der Waals surface area contributed by atoms with Gasteiger partial charge in [0.25, 0.3) is 0 Å². The molecule has 0 radical (unpaired) electrons. The average molecular weight is 283 g/mol. The summed E-state index contributed by atoms with van der Waals surface area (Å²) in [5.74, 6) is -0.135. The minimum atomic E-state index is -1.11. The number of carbonyl (C=O) groups excluding carboxylic acids is 1. The Balaban J connectivity index is 1.95. The molecule has 0 aromatic carbocycles. The molecule has 1 saturated heterocycles. The molecule has 2 rings (SSSR count). The van der Waals surface area contributed by atoms with Crippen molar-refractivity contribution in [3.8, 4) is 0 Å². The summed E-state index contributed by atoms with van der Waals surface area (Å²) in [7, 11) is -0.832. The molecule has 0 bridgehead atoms. The van der Waals surface area contributed by atoms with Crippen molar-refractivity contribution in [2.24, 2.45) is 0 Å². The predicted octanol–water partition coefficient (Wildman–Crippen LogP) is 0.376. The van der Waals surface area contributed by atoms with Gasteiger partial charge in [-0.2, -0.15) is 0 Å². The Bertz CT molecular complexity index is 507. The first-order valence-electron chi connectivity index (χ1n) is 5.66. The third-order valence-electron chi connectivity index (χ3n) is 2.70. The van der Waals surface area contributed by atoms with Gasteiger partial charge in [-0.1, -0.05) is 0 Å². The van der Waals surface area contributed by atoms with E-state index in [1.165, 1.54) is 18.3 Å². The Labute approximate surface area is 112 Å². The van der Waals surface area contributed by atoms with E-state index >= 15 is 0 Å². The van der Waals surface area contributed by atoms with Gasteiger partial charge in [0, 0.05) is 35.4 Å². The van der Waals surface area contributed by atoms with Crippen LogP contribution >= 0.6 is 0 Å². The van der Waals surface area contributed by atoms with Gasteiger partial charge in [0.05, 0.1) is 11.9 Å². The number of carboxylic acids is 1. The van der Waals surface area contributed by atoms with Crippen LogP contribution in [0.3, 0.4) is 0 Å². The van der Waals surface area contributed by atoms with Crippen molar-refractivity contribution < 1.29 is 18.9 Å². The molecule has 102 valence electrons. The maximum atomic E-state index is 11.9. The fraction of sp³-hybridized carbons (Fsp3) is 0.364. The summed E-state index contributed by atoms with van der Waals surface area (Å²) in [4.78, 5) is 27.8. The lowest BCUT2D eigenvalue weighted by Gasteiger charge is -2.26. The number of aromatic nitrogens is 1. The SMILES string of the molecule is O=C(O)c1ccc(NC(=O)N2CCS(=O)CC2)cn1. The molecule has 7 nitrogen and oxygen atoms in total. The Morgan fingerprint density at radius 1 is 1.32 bits per heavy atom. The average Bonchev–Trinajstić information content (AvgIpc) is 2.40. The first kappa shape index (κ1) is 13.5. The van der Waals surface area contributed by atoms with Crippen LogP contribution < -0.4 is 5.32 Å². The number of carboxylic acid groups (broad SMARTS) is 1. The largest absolute Gasteiger partial charge is 0.477 e. The van der Waals surface area contributed by atoms with Crippen molar-refractivity contribution in [1.29, 1.82) is 0 Å². The molecule has 2 heterocycles. The van der Waals surface area contributed by atoms with E-state index in [9.17, 15) is 13.8 Å². The number of aromatic carboxylic acids is 1. The fourth-order valence-corrected chi connectivity index (χ4v) is 2.69. The molecule has 0 unspecified atom stereocenters. The van der Waals surface area contributed by atoms with Gasteiger partial charge in [-0.3, -0.25) is 4.21 Å². The molecule has 2 N–H and O–H groups in total. The van der Waals surface area contributed by atoms with Crippen LogP contribution in [0.5, 0.6) is 0 Å². The van der Waals surface area contributed by atoms with E-state index < -0.39 is 16.8 Å². The molecule has 1 aromatic heterocycles. The number of hydrogen-bond acceptors (Lipinski definition) is 4. The molecule has 0 atom stereocenters. The minimum Gasteiger partial charge on any atom is -0.477 e. The Morgan fingerprint density at radius 3 is 2.53 bits per heavy atom. The number of anilines is 1. The standard InChI is InChI=1S/C11H13N3O4S/c15-10(16)9-2-1-8(7-12-9)13-11(17)14-3-5-19(18)6-4-14/h1-2,7H,3-6H2,(H,13,17)(H,15,16). The zero-order valence-corrected chi connectivity index (χ0v) is 10.9. The third-order valence-corrected chi connectivity index (χ3v) is 3.97. The van der Waals surface area contributed by atoms with Crippen molar-refractivity contribution in [2.45, 2.75) is 0 Å². The highest BCUT2D eigenvalue weighted by Gasteiger charge is 2.20. The molecular formula is C11H13N3O4S. The van der Waals surface area contributed by atoms with Crippen molar-refractivity contribution in [2.75, 3.05) is 29.9 Å². The summed E-state index contributed by atoms with van der Waals surface area (Å²) < 4.78 is 11.2. The van der Waals surface area contributed by atoms with Gasteiger partial charge in [-0.05, 0) is 12.1 Å². The van der Waals surface area contributed by atoms with Crippen LogP contribution in [0, 0.1) is 0 Å². The van der Waals surface area contributed by atoms with Gasteiger partial charge in [0.1, 0.15) is 5.69 Å². The smallest absolute Gasteiger partial charge is 0.354 e. The number of rotatable bonds is 2. The number of hydrogen-bond donors (Lipinski definition) is 2. The zero-order valence-electron chi connectivity index (χ0n) is 10.0. The van der Waals surface area contributed by atoms with Crippen molar-refractivity contribution in [3.05, 3.63) is 24.0 Å². The maximum Gasteiger partial charge on any atom is 0.354 e. The van der Waals surface area contributed by atoms with Crippen LogP contribution in [0.4, 0.5) is 10.5 Å². The minimum absolute atomic E-state index is 0.0774. The molecule has 1 aromatic rings. The topological polar surface area (TPSA) is 99.6 Å². The van der Waals surface area contributed by atoms with Crippen LogP contribution in [-0.4, -0.2) is 55.8 Å². The van der Waals surface area contributed by atoms with Crippen LogP contribution in [0.25, 0.3) is 0 Å². The van der Waals surface area contributed by atoms with Crippen molar-refractivity contribution >= 4 is 28.5 Å². The van der Waals surface area contributed by atoms with E-state index in [0.717, 1.165) is 0 Å². The Morgan fingerprint density at radius 2 is 2.00 bits per heavy atom. The normalized spacial score (nSPS) is 16.1. The summed E-state index contributed by atoms with van der Waals surface area (Å²) >= 11 is 0. The number of carbonyl (C=O) groups is 2.